The molecule has 0 spiro atoms. The number of hydrogen-bond donors (Lipinski definition) is 1. The van der Waals surface area contributed by atoms with E-state index < -0.39 is 5.60 Å². The molecule has 1 rings (SSSR count). The Labute approximate surface area is 114 Å². The van der Waals surface area contributed by atoms with Crippen LogP contribution in [0.2, 0.25) is 0 Å². The van der Waals surface area contributed by atoms with Gasteiger partial charge in [-0.2, -0.15) is 0 Å². The molecule has 0 aliphatic heterocycles. The number of rotatable bonds is 6. The molecule has 0 fully saturated rings. The monoisotopic (exact) mass is 266 g/mol. The van der Waals surface area contributed by atoms with Gasteiger partial charge >= 0.3 is 0 Å². The van der Waals surface area contributed by atoms with Crippen LogP contribution in [0.3, 0.4) is 0 Å². The summed E-state index contributed by atoms with van der Waals surface area (Å²) in [5.41, 5.74) is -0.216. The van der Waals surface area contributed by atoms with E-state index in [9.17, 15) is 4.79 Å². The highest BCUT2D eigenvalue weighted by Gasteiger charge is 2.33. The van der Waals surface area contributed by atoms with E-state index >= 15 is 0 Å². The number of nitrogens with one attached hydrogen (secondary N) is 1. The van der Waals surface area contributed by atoms with Gasteiger partial charge in [-0.25, -0.2) is 4.98 Å². The molecule has 1 atom stereocenters. The number of carbonyl (C=O) groups is 1. The average Bonchev–Trinajstić information content (AvgIpc) is 2.38. The van der Waals surface area contributed by atoms with Crippen molar-refractivity contribution in [2.24, 2.45) is 5.92 Å². The molecule has 0 radical (unpaired) electrons. The summed E-state index contributed by atoms with van der Waals surface area (Å²) in [6, 6.07) is 3.44. The van der Waals surface area contributed by atoms with Gasteiger partial charge in [-0.1, -0.05) is 13.8 Å². The van der Waals surface area contributed by atoms with Crippen LogP contribution >= 0.6 is 0 Å². The van der Waals surface area contributed by atoms with E-state index in [1.54, 1.807) is 39.5 Å². The Balaban J connectivity index is 2.75. The van der Waals surface area contributed by atoms with Crippen LogP contribution in [0.4, 0.5) is 5.69 Å². The summed E-state index contributed by atoms with van der Waals surface area (Å²) < 4.78 is 10.3. The first-order chi connectivity index (χ1) is 8.91. The Bertz CT molecular complexity index is 417. The summed E-state index contributed by atoms with van der Waals surface area (Å²) in [5.74, 6) is 0.704. The van der Waals surface area contributed by atoms with Crippen molar-refractivity contribution in [2.45, 2.75) is 32.8 Å². The van der Waals surface area contributed by atoms with Gasteiger partial charge < -0.3 is 14.8 Å². The fourth-order valence-electron chi connectivity index (χ4n) is 1.89. The lowest BCUT2D eigenvalue weighted by molar-refractivity contribution is -0.137. The maximum atomic E-state index is 12.3. The second kappa shape index (κ2) is 6.52. The van der Waals surface area contributed by atoms with Gasteiger partial charge in [0.2, 0.25) is 5.88 Å². The number of carbonyl (C=O) groups excluding carboxylic acids is 1. The van der Waals surface area contributed by atoms with Crippen molar-refractivity contribution < 1.29 is 14.3 Å². The van der Waals surface area contributed by atoms with Gasteiger partial charge in [0.1, 0.15) is 5.60 Å². The molecule has 0 aromatic carbocycles. The molecule has 1 heterocycles. The normalized spacial score (nSPS) is 14.0. The van der Waals surface area contributed by atoms with Crippen molar-refractivity contribution in [3.8, 4) is 5.88 Å². The molecule has 5 nitrogen and oxygen atoms in total. The second-order valence-corrected chi connectivity index (χ2v) is 5.08. The topological polar surface area (TPSA) is 60.5 Å². The summed E-state index contributed by atoms with van der Waals surface area (Å²) >= 11 is 0. The third kappa shape index (κ3) is 4.21. The van der Waals surface area contributed by atoms with Crippen LogP contribution in [0.15, 0.2) is 18.3 Å². The number of pyridine rings is 1. The molecule has 0 aliphatic carbocycles. The fraction of sp³-hybridized carbons (Fsp3) is 0.571. The number of methoxy groups -OCH3 is 2. The van der Waals surface area contributed by atoms with E-state index in [0.29, 0.717) is 23.9 Å². The molecule has 5 heteroatoms. The molecule has 0 saturated carbocycles. The summed E-state index contributed by atoms with van der Waals surface area (Å²) in [7, 11) is 3.10. The van der Waals surface area contributed by atoms with E-state index in [1.165, 1.54) is 0 Å². The SMILES string of the molecule is COc1ccc(NC(=O)[C@@](C)(CC(C)C)OC)cn1. The summed E-state index contributed by atoms with van der Waals surface area (Å²) in [6.45, 7) is 5.90. The quantitative estimate of drug-likeness (QED) is 0.859. The highest BCUT2D eigenvalue weighted by molar-refractivity contribution is 5.96. The maximum Gasteiger partial charge on any atom is 0.256 e. The van der Waals surface area contributed by atoms with E-state index in [4.69, 9.17) is 9.47 Å². The van der Waals surface area contributed by atoms with Crippen molar-refractivity contribution in [1.82, 2.24) is 4.98 Å². The number of nitrogens with zero attached hydrogens (tertiary/aromatic N) is 1. The minimum atomic E-state index is -0.839. The molecule has 0 unspecified atom stereocenters. The number of ether oxygens (including phenoxy) is 2. The first-order valence-electron chi connectivity index (χ1n) is 6.28. The lowest BCUT2D eigenvalue weighted by Gasteiger charge is -2.28. The lowest BCUT2D eigenvalue weighted by atomic mass is 9.93. The minimum Gasteiger partial charge on any atom is -0.481 e. The molecule has 1 aromatic rings. The van der Waals surface area contributed by atoms with Crippen molar-refractivity contribution in [3.63, 3.8) is 0 Å². The zero-order valence-corrected chi connectivity index (χ0v) is 12.2. The second-order valence-electron chi connectivity index (χ2n) is 5.08. The maximum absolute atomic E-state index is 12.3. The standard InChI is InChI=1S/C14H22N2O3/c1-10(2)8-14(3,19-5)13(17)16-11-6-7-12(18-4)15-9-11/h6-7,9-10H,8H2,1-5H3,(H,16,17)/t14-/m1/s1. The van der Waals surface area contributed by atoms with Gasteiger partial charge in [0.25, 0.3) is 5.91 Å². The summed E-state index contributed by atoms with van der Waals surface area (Å²) in [5, 5.41) is 2.81. The van der Waals surface area contributed by atoms with Gasteiger partial charge in [-0.15, -0.1) is 0 Å². The van der Waals surface area contributed by atoms with Crippen LogP contribution in [0.5, 0.6) is 5.88 Å². The fourth-order valence-corrected chi connectivity index (χ4v) is 1.89. The molecule has 106 valence electrons. The Morgan fingerprint density at radius 1 is 1.42 bits per heavy atom. The third-order valence-corrected chi connectivity index (χ3v) is 2.93. The van der Waals surface area contributed by atoms with E-state index in [2.05, 4.69) is 24.1 Å². The van der Waals surface area contributed by atoms with Gasteiger partial charge in [-0.05, 0) is 25.3 Å². The predicted octanol–water partition coefficient (Wildman–Crippen LogP) is 2.48. The number of aromatic nitrogens is 1. The van der Waals surface area contributed by atoms with Gasteiger partial charge in [0, 0.05) is 13.2 Å². The zero-order valence-electron chi connectivity index (χ0n) is 12.2. The summed E-state index contributed by atoms with van der Waals surface area (Å²) in [4.78, 5) is 16.3. The Kier molecular flexibility index (Phi) is 5.30. The highest BCUT2D eigenvalue weighted by Crippen LogP contribution is 2.22. The Morgan fingerprint density at radius 2 is 2.11 bits per heavy atom. The molecule has 1 N–H and O–H groups in total. The first-order valence-corrected chi connectivity index (χ1v) is 6.28. The van der Waals surface area contributed by atoms with Gasteiger partial charge in [-0.3, -0.25) is 4.79 Å². The molecule has 0 saturated heterocycles. The molecule has 1 amide bonds. The molecule has 19 heavy (non-hydrogen) atoms. The Morgan fingerprint density at radius 3 is 2.53 bits per heavy atom. The van der Waals surface area contributed by atoms with Gasteiger partial charge in [0.15, 0.2) is 0 Å². The van der Waals surface area contributed by atoms with E-state index in [1.807, 2.05) is 0 Å². The smallest absolute Gasteiger partial charge is 0.256 e. The van der Waals surface area contributed by atoms with Crippen molar-refractivity contribution in [1.29, 1.82) is 0 Å². The molecule has 1 aromatic heterocycles. The third-order valence-electron chi connectivity index (χ3n) is 2.93. The van der Waals surface area contributed by atoms with Crippen molar-refractivity contribution in [3.05, 3.63) is 18.3 Å². The van der Waals surface area contributed by atoms with Crippen LogP contribution < -0.4 is 10.1 Å². The van der Waals surface area contributed by atoms with Crippen LogP contribution in [-0.2, 0) is 9.53 Å². The van der Waals surface area contributed by atoms with E-state index in [-0.39, 0.29) is 5.91 Å². The molecular formula is C14H22N2O3. The largest absolute Gasteiger partial charge is 0.481 e. The van der Waals surface area contributed by atoms with Gasteiger partial charge in [0.05, 0.1) is 19.0 Å². The van der Waals surface area contributed by atoms with Crippen LogP contribution in [0.1, 0.15) is 27.2 Å². The molecular weight excluding hydrogens is 244 g/mol. The predicted molar refractivity (Wildman–Crippen MR) is 74.3 cm³/mol. The number of hydrogen-bond acceptors (Lipinski definition) is 4. The van der Waals surface area contributed by atoms with Crippen molar-refractivity contribution in [2.75, 3.05) is 19.5 Å². The summed E-state index contributed by atoms with van der Waals surface area (Å²) in [6.07, 6.45) is 2.21. The van der Waals surface area contributed by atoms with Crippen LogP contribution in [-0.4, -0.2) is 30.7 Å². The lowest BCUT2D eigenvalue weighted by Crippen LogP contribution is -2.43. The number of anilines is 1. The van der Waals surface area contributed by atoms with Crippen molar-refractivity contribution >= 4 is 11.6 Å². The minimum absolute atomic E-state index is 0.171. The zero-order chi connectivity index (χ0) is 14.5. The first kappa shape index (κ1) is 15.4. The van der Waals surface area contributed by atoms with Crippen LogP contribution in [0, 0.1) is 5.92 Å². The molecule has 0 bridgehead atoms. The number of amides is 1. The highest BCUT2D eigenvalue weighted by atomic mass is 16.5. The Hall–Kier alpha value is -1.62. The van der Waals surface area contributed by atoms with Crippen LogP contribution in [0.25, 0.3) is 0 Å². The molecule has 0 aliphatic rings. The van der Waals surface area contributed by atoms with E-state index in [0.717, 1.165) is 0 Å². The average molecular weight is 266 g/mol.